The molecule has 1 aromatic carbocycles. The molecule has 0 saturated carbocycles. The predicted octanol–water partition coefficient (Wildman–Crippen LogP) is 1.47. The lowest BCUT2D eigenvalue weighted by Gasteiger charge is -2.37. The van der Waals surface area contributed by atoms with Gasteiger partial charge in [0, 0.05) is 12.1 Å². The van der Waals surface area contributed by atoms with Crippen molar-refractivity contribution in [2.45, 2.75) is 32.4 Å². The fourth-order valence-electron chi connectivity index (χ4n) is 2.91. The third-order valence-corrected chi connectivity index (χ3v) is 3.89. The monoisotopic (exact) mass is 276 g/mol. The largest absolute Gasteiger partial charge is 0.480 e. The summed E-state index contributed by atoms with van der Waals surface area (Å²) in [6.07, 6.45) is 1.94. The maximum atomic E-state index is 11.4. The molecule has 108 valence electrons. The van der Waals surface area contributed by atoms with Gasteiger partial charge < -0.3 is 10.8 Å². The Balaban J connectivity index is 2.17. The summed E-state index contributed by atoms with van der Waals surface area (Å²) in [5.41, 5.74) is 6.64. The van der Waals surface area contributed by atoms with Gasteiger partial charge >= 0.3 is 5.97 Å². The van der Waals surface area contributed by atoms with E-state index in [1.807, 2.05) is 17.9 Å². The molecule has 0 spiro atoms. The van der Waals surface area contributed by atoms with Crippen molar-refractivity contribution in [1.82, 2.24) is 4.90 Å². The van der Waals surface area contributed by atoms with E-state index in [9.17, 15) is 14.7 Å². The summed E-state index contributed by atoms with van der Waals surface area (Å²) in [5.74, 6) is -1.10. The number of aliphatic carboxylic acids is 1. The van der Waals surface area contributed by atoms with Crippen LogP contribution in [0.25, 0.3) is 0 Å². The van der Waals surface area contributed by atoms with Gasteiger partial charge in [-0.3, -0.25) is 14.5 Å². The van der Waals surface area contributed by atoms with Crippen molar-refractivity contribution >= 4 is 11.9 Å². The Kier molecular flexibility index (Phi) is 4.39. The molecular weight excluding hydrogens is 256 g/mol. The number of nitrogens with two attached hydrogens (primary N) is 1. The zero-order valence-corrected chi connectivity index (χ0v) is 11.6. The summed E-state index contributed by atoms with van der Waals surface area (Å²) < 4.78 is 0. The Morgan fingerprint density at radius 2 is 2.20 bits per heavy atom. The van der Waals surface area contributed by atoms with Gasteiger partial charge in [0.15, 0.2) is 0 Å². The van der Waals surface area contributed by atoms with Gasteiger partial charge in [-0.1, -0.05) is 19.1 Å². The van der Waals surface area contributed by atoms with Crippen LogP contribution in [0.3, 0.4) is 0 Å². The topological polar surface area (TPSA) is 83.6 Å². The van der Waals surface area contributed by atoms with Gasteiger partial charge in [-0.05, 0) is 43.0 Å². The first kappa shape index (κ1) is 14.5. The Hall–Kier alpha value is -1.88. The van der Waals surface area contributed by atoms with Gasteiger partial charge in [-0.15, -0.1) is 0 Å². The molecule has 0 bridgehead atoms. The zero-order valence-electron chi connectivity index (χ0n) is 11.6. The van der Waals surface area contributed by atoms with Gasteiger partial charge in [-0.25, -0.2) is 0 Å². The van der Waals surface area contributed by atoms with E-state index in [0.717, 1.165) is 24.9 Å². The van der Waals surface area contributed by atoms with Gasteiger partial charge in [0.05, 0.1) is 0 Å². The highest BCUT2D eigenvalue weighted by atomic mass is 16.4. The van der Waals surface area contributed by atoms with Crippen LogP contribution in [0.2, 0.25) is 0 Å². The van der Waals surface area contributed by atoms with Crippen LogP contribution < -0.4 is 5.73 Å². The molecule has 3 N–H and O–H groups in total. The van der Waals surface area contributed by atoms with Crippen molar-refractivity contribution < 1.29 is 14.7 Å². The van der Waals surface area contributed by atoms with Crippen molar-refractivity contribution in [2.24, 2.45) is 11.7 Å². The zero-order chi connectivity index (χ0) is 14.7. The van der Waals surface area contributed by atoms with Crippen LogP contribution in [0, 0.1) is 5.92 Å². The molecule has 1 aliphatic heterocycles. The van der Waals surface area contributed by atoms with Crippen LogP contribution in [0.15, 0.2) is 24.3 Å². The smallest absolute Gasteiger partial charge is 0.321 e. The van der Waals surface area contributed by atoms with Crippen LogP contribution in [-0.4, -0.2) is 34.5 Å². The number of hydrogen-bond acceptors (Lipinski definition) is 3. The lowest BCUT2D eigenvalue weighted by molar-refractivity contribution is -0.147. The van der Waals surface area contributed by atoms with E-state index in [2.05, 4.69) is 0 Å². The highest BCUT2D eigenvalue weighted by Gasteiger charge is 2.33. The van der Waals surface area contributed by atoms with Crippen LogP contribution in [0.4, 0.5) is 0 Å². The van der Waals surface area contributed by atoms with E-state index in [4.69, 9.17) is 5.73 Å². The molecule has 5 heteroatoms. The first-order valence-corrected chi connectivity index (χ1v) is 6.84. The molecule has 2 unspecified atom stereocenters. The molecule has 0 aromatic heterocycles. The second kappa shape index (κ2) is 6.05. The molecule has 5 nitrogen and oxygen atoms in total. The van der Waals surface area contributed by atoms with E-state index in [1.165, 1.54) is 0 Å². The molecule has 0 radical (unpaired) electrons. The normalized spacial score (nSPS) is 23.4. The number of carboxylic acids is 1. The number of likely N-dealkylation sites (tertiary alicyclic amines) is 1. The molecular formula is C15H20N2O3. The predicted molar refractivity (Wildman–Crippen MR) is 75.2 cm³/mol. The summed E-state index contributed by atoms with van der Waals surface area (Å²) in [7, 11) is 0. The molecule has 1 fully saturated rings. The number of benzene rings is 1. The van der Waals surface area contributed by atoms with E-state index < -0.39 is 17.9 Å². The van der Waals surface area contributed by atoms with Crippen molar-refractivity contribution in [1.29, 1.82) is 0 Å². The summed E-state index contributed by atoms with van der Waals surface area (Å²) >= 11 is 0. The number of piperidine rings is 1. The molecule has 2 rings (SSSR count). The molecule has 20 heavy (non-hydrogen) atoms. The van der Waals surface area contributed by atoms with Gasteiger partial charge in [0.2, 0.25) is 5.91 Å². The van der Waals surface area contributed by atoms with Crippen molar-refractivity contribution in [3.8, 4) is 0 Å². The van der Waals surface area contributed by atoms with Crippen molar-refractivity contribution in [3.63, 3.8) is 0 Å². The highest BCUT2D eigenvalue weighted by Crippen LogP contribution is 2.25. The first-order valence-electron chi connectivity index (χ1n) is 6.84. The molecule has 2 atom stereocenters. The Morgan fingerprint density at radius 3 is 2.85 bits per heavy atom. The van der Waals surface area contributed by atoms with E-state index in [-0.39, 0.29) is 5.92 Å². The van der Waals surface area contributed by atoms with Gasteiger partial charge in [-0.2, -0.15) is 0 Å². The maximum Gasteiger partial charge on any atom is 0.321 e. The Morgan fingerprint density at radius 1 is 1.45 bits per heavy atom. The number of nitrogens with zero attached hydrogens (tertiary/aromatic N) is 1. The van der Waals surface area contributed by atoms with E-state index in [1.54, 1.807) is 18.2 Å². The fraction of sp³-hybridized carbons (Fsp3) is 0.467. The number of hydrogen-bond donors (Lipinski definition) is 2. The minimum Gasteiger partial charge on any atom is -0.480 e. The summed E-state index contributed by atoms with van der Waals surface area (Å²) in [6.45, 7) is 3.27. The summed E-state index contributed by atoms with van der Waals surface area (Å²) in [5, 5.41) is 9.38. The number of rotatable bonds is 4. The average molecular weight is 276 g/mol. The number of carbonyl (C=O) groups excluding carboxylic acids is 1. The van der Waals surface area contributed by atoms with E-state index >= 15 is 0 Å². The fourth-order valence-corrected chi connectivity index (χ4v) is 2.91. The van der Waals surface area contributed by atoms with E-state index in [0.29, 0.717) is 12.1 Å². The minimum absolute atomic E-state index is 0.139. The molecule has 1 heterocycles. The molecule has 1 saturated heterocycles. The summed E-state index contributed by atoms with van der Waals surface area (Å²) in [4.78, 5) is 24.6. The van der Waals surface area contributed by atoms with Gasteiger partial charge in [0.25, 0.3) is 0 Å². The number of amides is 1. The van der Waals surface area contributed by atoms with Crippen LogP contribution >= 0.6 is 0 Å². The molecule has 1 amide bonds. The standard InChI is InChI=1S/C15H20N2O3/c1-10-4-3-7-17(13(10)15(19)20)9-11-5-2-6-12(8-11)14(16)18/h2,5-6,8,10,13H,3-4,7,9H2,1H3,(H2,16,18)(H,19,20). The second-order valence-electron chi connectivity index (χ2n) is 5.44. The number of primary amides is 1. The lowest BCUT2D eigenvalue weighted by Crippen LogP contribution is -2.48. The minimum atomic E-state index is -0.775. The Bertz CT molecular complexity index is 516. The van der Waals surface area contributed by atoms with Crippen LogP contribution in [0.5, 0.6) is 0 Å². The molecule has 0 aliphatic carbocycles. The lowest BCUT2D eigenvalue weighted by atomic mass is 9.90. The van der Waals surface area contributed by atoms with Crippen LogP contribution in [-0.2, 0) is 11.3 Å². The van der Waals surface area contributed by atoms with Gasteiger partial charge in [0.1, 0.15) is 6.04 Å². The Labute approximate surface area is 118 Å². The number of carbonyl (C=O) groups is 2. The number of carboxylic acid groups (broad SMARTS) is 1. The first-order chi connectivity index (χ1) is 9.49. The SMILES string of the molecule is CC1CCCN(Cc2cccc(C(N)=O)c2)C1C(=O)O. The second-order valence-corrected chi connectivity index (χ2v) is 5.44. The summed E-state index contributed by atoms with van der Waals surface area (Å²) in [6, 6.07) is 6.62. The average Bonchev–Trinajstić information content (AvgIpc) is 2.38. The third-order valence-electron chi connectivity index (χ3n) is 3.89. The quantitative estimate of drug-likeness (QED) is 0.872. The molecule has 1 aliphatic rings. The van der Waals surface area contributed by atoms with Crippen molar-refractivity contribution in [2.75, 3.05) is 6.54 Å². The molecule has 1 aromatic rings. The van der Waals surface area contributed by atoms with Crippen molar-refractivity contribution in [3.05, 3.63) is 35.4 Å². The highest BCUT2D eigenvalue weighted by molar-refractivity contribution is 5.92. The van der Waals surface area contributed by atoms with Crippen LogP contribution in [0.1, 0.15) is 35.7 Å². The maximum absolute atomic E-state index is 11.4. The third kappa shape index (κ3) is 3.17.